The minimum absolute atomic E-state index is 0.00848. The molecule has 2 aliphatic heterocycles. The molecule has 6 nitrogen and oxygen atoms in total. The van der Waals surface area contributed by atoms with E-state index in [9.17, 15) is 9.59 Å². The van der Waals surface area contributed by atoms with Crippen LogP contribution in [0.5, 0.6) is 11.5 Å². The summed E-state index contributed by atoms with van der Waals surface area (Å²) < 4.78 is 11.2. The van der Waals surface area contributed by atoms with Crippen molar-refractivity contribution < 1.29 is 19.1 Å². The maximum absolute atomic E-state index is 12.9. The summed E-state index contributed by atoms with van der Waals surface area (Å²) in [6.45, 7) is 7.04. The van der Waals surface area contributed by atoms with Gasteiger partial charge in [0, 0.05) is 31.6 Å². The number of likely N-dealkylation sites (tertiary alicyclic amines) is 1. The lowest BCUT2D eigenvalue weighted by atomic mass is 9.77. The maximum atomic E-state index is 12.9. The Balaban J connectivity index is 1.62. The Morgan fingerprint density at radius 2 is 2.00 bits per heavy atom. The number of piperidine rings is 1. The Bertz CT molecular complexity index is 693. The largest absolute Gasteiger partial charge is 0.493 e. The highest BCUT2D eigenvalue weighted by molar-refractivity contribution is 5.95. The van der Waals surface area contributed by atoms with Crippen molar-refractivity contribution in [2.45, 2.75) is 39.5 Å². The molecule has 3 rings (SSSR count). The van der Waals surface area contributed by atoms with E-state index in [2.05, 4.69) is 19.2 Å². The van der Waals surface area contributed by atoms with Gasteiger partial charge in [0.25, 0.3) is 5.91 Å². The first-order valence-corrected chi connectivity index (χ1v) is 9.79. The number of carbonyl (C=O) groups excluding carboxylic acids is 2. The van der Waals surface area contributed by atoms with E-state index in [-0.39, 0.29) is 17.2 Å². The smallest absolute Gasteiger partial charge is 0.253 e. The number of rotatable bonds is 6. The summed E-state index contributed by atoms with van der Waals surface area (Å²) in [6.07, 6.45) is 3.29. The highest BCUT2D eigenvalue weighted by Crippen LogP contribution is 2.38. The lowest BCUT2D eigenvalue weighted by Crippen LogP contribution is -2.44. The Hall–Kier alpha value is -2.24. The number of benzene rings is 1. The fourth-order valence-corrected chi connectivity index (χ4v) is 3.80. The van der Waals surface area contributed by atoms with Gasteiger partial charge in [0.1, 0.15) is 0 Å². The van der Waals surface area contributed by atoms with Gasteiger partial charge in [-0.25, -0.2) is 0 Å². The van der Waals surface area contributed by atoms with E-state index < -0.39 is 0 Å². The molecule has 2 fully saturated rings. The Morgan fingerprint density at radius 1 is 1.26 bits per heavy atom. The third-order valence-electron chi connectivity index (χ3n) is 5.67. The fraction of sp³-hybridized carbons (Fsp3) is 0.619. The first-order chi connectivity index (χ1) is 12.9. The monoisotopic (exact) mass is 374 g/mol. The van der Waals surface area contributed by atoms with Gasteiger partial charge in [0.15, 0.2) is 11.5 Å². The van der Waals surface area contributed by atoms with Crippen LogP contribution in [0, 0.1) is 11.3 Å². The van der Waals surface area contributed by atoms with Gasteiger partial charge in [-0.3, -0.25) is 9.59 Å². The standard InChI is InChI=1S/C21H30N2O4/c1-15(2)6-11-27-17-5-4-16(12-18(17)26-3)20(25)23-9-7-21(8-10-23)13-19(24)22-14-21/h4-5,12,15H,6-11,13-14H2,1-3H3,(H,22,24). The topological polar surface area (TPSA) is 67.9 Å². The molecule has 1 spiro atoms. The molecule has 1 aromatic rings. The molecule has 2 saturated heterocycles. The minimum atomic E-state index is 0.00848. The molecule has 27 heavy (non-hydrogen) atoms. The summed E-state index contributed by atoms with van der Waals surface area (Å²) in [5, 5.41) is 2.93. The van der Waals surface area contributed by atoms with E-state index in [1.165, 1.54) is 0 Å². The molecule has 0 bridgehead atoms. The highest BCUT2D eigenvalue weighted by atomic mass is 16.5. The highest BCUT2D eigenvalue weighted by Gasteiger charge is 2.41. The zero-order valence-electron chi connectivity index (χ0n) is 16.5. The van der Waals surface area contributed by atoms with E-state index in [1.54, 1.807) is 19.2 Å². The fourth-order valence-electron chi connectivity index (χ4n) is 3.80. The summed E-state index contributed by atoms with van der Waals surface area (Å²) in [4.78, 5) is 26.3. The molecule has 2 aliphatic rings. The van der Waals surface area contributed by atoms with Gasteiger partial charge in [0.2, 0.25) is 5.91 Å². The van der Waals surface area contributed by atoms with Crippen LogP contribution in [-0.2, 0) is 4.79 Å². The van der Waals surface area contributed by atoms with Crippen LogP contribution in [0.1, 0.15) is 49.9 Å². The number of carbonyl (C=O) groups is 2. The number of nitrogens with one attached hydrogen (secondary N) is 1. The van der Waals surface area contributed by atoms with Crippen LogP contribution in [0.15, 0.2) is 18.2 Å². The third kappa shape index (κ3) is 4.54. The normalized spacial score (nSPS) is 18.7. The summed E-state index contributed by atoms with van der Waals surface area (Å²) >= 11 is 0. The molecule has 1 aromatic carbocycles. The quantitative estimate of drug-likeness (QED) is 0.831. The van der Waals surface area contributed by atoms with Crippen LogP contribution in [0.25, 0.3) is 0 Å². The Morgan fingerprint density at radius 3 is 2.59 bits per heavy atom. The molecule has 0 unspecified atom stereocenters. The predicted octanol–water partition coefficient (Wildman–Crippen LogP) is 2.86. The summed E-state index contributed by atoms with van der Waals surface area (Å²) in [5.74, 6) is 1.97. The van der Waals surface area contributed by atoms with E-state index in [4.69, 9.17) is 9.47 Å². The van der Waals surface area contributed by atoms with Gasteiger partial charge in [-0.05, 0) is 48.8 Å². The van der Waals surface area contributed by atoms with Gasteiger partial charge in [-0.2, -0.15) is 0 Å². The molecule has 0 aromatic heterocycles. The predicted molar refractivity (Wildman–Crippen MR) is 103 cm³/mol. The van der Waals surface area contributed by atoms with Crippen molar-refractivity contribution in [3.63, 3.8) is 0 Å². The second-order valence-electron chi connectivity index (χ2n) is 8.14. The average molecular weight is 374 g/mol. The lowest BCUT2D eigenvalue weighted by molar-refractivity contribution is -0.119. The third-order valence-corrected chi connectivity index (χ3v) is 5.67. The van der Waals surface area contributed by atoms with Crippen molar-refractivity contribution in [3.05, 3.63) is 23.8 Å². The van der Waals surface area contributed by atoms with Crippen molar-refractivity contribution in [3.8, 4) is 11.5 Å². The van der Waals surface area contributed by atoms with Gasteiger partial charge < -0.3 is 19.7 Å². The van der Waals surface area contributed by atoms with Crippen LogP contribution >= 0.6 is 0 Å². The van der Waals surface area contributed by atoms with Crippen LogP contribution < -0.4 is 14.8 Å². The summed E-state index contributed by atoms with van der Waals surface area (Å²) in [6, 6.07) is 5.38. The second kappa shape index (κ2) is 8.19. The molecule has 0 saturated carbocycles. The number of amides is 2. The second-order valence-corrected chi connectivity index (χ2v) is 8.14. The zero-order valence-corrected chi connectivity index (χ0v) is 16.5. The van der Waals surface area contributed by atoms with Crippen LogP contribution in [0.4, 0.5) is 0 Å². The average Bonchev–Trinajstić information content (AvgIpc) is 3.02. The molecule has 0 radical (unpaired) electrons. The number of methoxy groups -OCH3 is 1. The Kier molecular flexibility index (Phi) is 5.92. The van der Waals surface area contributed by atoms with Gasteiger partial charge >= 0.3 is 0 Å². The zero-order chi connectivity index (χ0) is 19.4. The van der Waals surface area contributed by atoms with Crippen LogP contribution in [0.2, 0.25) is 0 Å². The van der Waals surface area contributed by atoms with Crippen molar-refractivity contribution in [2.75, 3.05) is 33.4 Å². The first-order valence-electron chi connectivity index (χ1n) is 9.79. The molecule has 148 valence electrons. The summed E-state index contributed by atoms with van der Waals surface area (Å²) in [5.41, 5.74) is 0.652. The van der Waals surface area contributed by atoms with Crippen molar-refractivity contribution in [2.24, 2.45) is 11.3 Å². The van der Waals surface area contributed by atoms with Gasteiger partial charge in [0.05, 0.1) is 13.7 Å². The molecule has 2 amide bonds. The van der Waals surface area contributed by atoms with Crippen molar-refractivity contribution in [1.29, 1.82) is 0 Å². The van der Waals surface area contributed by atoms with E-state index >= 15 is 0 Å². The molecular formula is C21H30N2O4. The van der Waals surface area contributed by atoms with Crippen molar-refractivity contribution >= 4 is 11.8 Å². The Labute approximate surface area is 161 Å². The van der Waals surface area contributed by atoms with Crippen LogP contribution in [0.3, 0.4) is 0 Å². The van der Waals surface area contributed by atoms with Crippen LogP contribution in [-0.4, -0.2) is 50.1 Å². The SMILES string of the molecule is COc1cc(C(=O)N2CCC3(CC2)CNC(=O)C3)ccc1OCCC(C)C. The van der Waals surface area contributed by atoms with Crippen molar-refractivity contribution in [1.82, 2.24) is 10.2 Å². The van der Waals surface area contributed by atoms with E-state index in [0.717, 1.165) is 25.8 Å². The molecule has 2 heterocycles. The van der Waals surface area contributed by atoms with E-state index in [1.807, 2.05) is 11.0 Å². The molecule has 0 aliphatic carbocycles. The molecular weight excluding hydrogens is 344 g/mol. The number of hydrogen-bond donors (Lipinski definition) is 1. The molecule has 0 atom stereocenters. The molecule has 1 N–H and O–H groups in total. The van der Waals surface area contributed by atoms with Gasteiger partial charge in [-0.15, -0.1) is 0 Å². The first kappa shape index (κ1) is 19.5. The maximum Gasteiger partial charge on any atom is 0.253 e. The summed E-state index contributed by atoms with van der Waals surface area (Å²) in [7, 11) is 1.59. The van der Waals surface area contributed by atoms with Gasteiger partial charge in [-0.1, -0.05) is 13.8 Å². The number of nitrogens with zero attached hydrogens (tertiary/aromatic N) is 1. The number of hydrogen-bond acceptors (Lipinski definition) is 4. The number of ether oxygens (including phenoxy) is 2. The minimum Gasteiger partial charge on any atom is -0.493 e. The van der Waals surface area contributed by atoms with E-state index in [0.29, 0.717) is 49.1 Å². The molecule has 6 heteroatoms. The lowest BCUT2D eigenvalue weighted by Gasteiger charge is -2.38.